The molecule has 0 bridgehead atoms. The number of thiazole rings is 1. The van der Waals surface area contributed by atoms with Gasteiger partial charge in [0, 0.05) is 29.6 Å². The summed E-state index contributed by atoms with van der Waals surface area (Å²) in [5.41, 5.74) is 2.03. The van der Waals surface area contributed by atoms with Gasteiger partial charge in [-0.3, -0.25) is 4.79 Å². The number of nitriles is 2. The number of nitrogens with zero attached hydrogens (tertiary/aromatic N) is 4. The summed E-state index contributed by atoms with van der Waals surface area (Å²) in [4.78, 5) is 19.4. The number of aryl methyl sites for hydroxylation is 1. The second-order valence-electron chi connectivity index (χ2n) is 8.37. The number of alkyl halides is 2. The number of benzene rings is 2. The molecule has 1 aromatic heterocycles. The Balaban J connectivity index is 1.90. The monoisotopic (exact) mass is 558 g/mol. The SMILES string of the molecule is Cc1sc(N(Cc2ccc(NC(C)(F)F)cc2)c2ccc(C#N)cc2)nc1C(=O)NS(=O)(=O)CCCC#N. The third-order valence-electron chi connectivity index (χ3n) is 5.15. The van der Waals surface area contributed by atoms with E-state index in [1.807, 2.05) is 16.9 Å². The lowest BCUT2D eigenvalue weighted by atomic mass is 10.1. The van der Waals surface area contributed by atoms with Crippen LogP contribution in [0.5, 0.6) is 0 Å². The highest BCUT2D eigenvalue weighted by Gasteiger charge is 2.24. The molecule has 0 spiro atoms. The first-order valence-electron chi connectivity index (χ1n) is 11.3. The second-order valence-corrected chi connectivity index (χ2v) is 11.4. The Morgan fingerprint density at radius 3 is 2.37 bits per heavy atom. The Morgan fingerprint density at radius 2 is 1.79 bits per heavy atom. The number of halogens is 2. The molecule has 13 heteroatoms. The summed E-state index contributed by atoms with van der Waals surface area (Å²) in [5, 5.41) is 20.2. The van der Waals surface area contributed by atoms with Crippen molar-refractivity contribution in [2.45, 2.75) is 39.3 Å². The zero-order valence-electron chi connectivity index (χ0n) is 20.5. The summed E-state index contributed by atoms with van der Waals surface area (Å²) in [6.45, 7) is 2.64. The Morgan fingerprint density at radius 1 is 1.13 bits per heavy atom. The average Bonchev–Trinajstić information content (AvgIpc) is 3.24. The Labute approximate surface area is 223 Å². The largest absolute Gasteiger partial charge is 0.327 e. The maximum absolute atomic E-state index is 13.3. The van der Waals surface area contributed by atoms with E-state index in [0.717, 1.165) is 12.5 Å². The van der Waals surface area contributed by atoms with Crippen LogP contribution in [0.2, 0.25) is 0 Å². The van der Waals surface area contributed by atoms with Gasteiger partial charge in [0.25, 0.3) is 5.91 Å². The highest BCUT2D eigenvalue weighted by molar-refractivity contribution is 7.90. The standard InChI is InChI=1S/C25H24F2N6O3S2/c1-17-22(23(34)32-38(35,36)14-4-3-13-28)30-24(37-17)33(21-11-7-18(15-29)8-12-21)16-19-5-9-20(10-6-19)31-25(2,26)27/h5-12,31H,3-4,14,16H2,1-2H3,(H,32,34). The number of carbonyl (C=O) groups excluding carboxylic acids is 1. The molecule has 0 aliphatic rings. The first-order chi connectivity index (χ1) is 17.9. The smallest absolute Gasteiger partial charge is 0.320 e. The van der Waals surface area contributed by atoms with Crippen molar-refractivity contribution in [1.29, 1.82) is 10.5 Å². The first-order valence-corrected chi connectivity index (χ1v) is 13.8. The van der Waals surface area contributed by atoms with Crippen molar-refractivity contribution < 1.29 is 22.0 Å². The summed E-state index contributed by atoms with van der Waals surface area (Å²) in [6.07, 6.45) is 0.142. The number of sulfonamides is 1. The quantitative estimate of drug-likeness (QED) is 0.246. The molecule has 0 atom stereocenters. The van der Waals surface area contributed by atoms with E-state index in [2.05, 4.69) is 10.3 Å². The number of unbranched alkanes of at least 4 members (excludes halogenated alkanes) is 1. The van der Waals surface area contributed by atoms with Gasteiger partial charge in [0.05, 0.1) is 30.0 Å². The number of amides is 1. The molecule has 0 radical (unpaired) electrons. The molecule has 2 aromatic carbocycles. The highest BCUT2D eigenvalue weighted by atomic mass is 32.2. The summed E-state index contributed by atoms with van der Waals surface area (Å²) >= 11 is 1.17. The van der Waals surface area contributed by atoms with Gasteiger partial charge in [0.1, 0.15) is 5.69 Å². The van der Waals surface area contributed by atoms with Crippen LogP contribution < -0.4 is 14.9 Å². The van der Waals surface area contributed by atoms with Crippen LogP contribution in [-0.2, 0) is 16.6 Å². The van der Waals surface area contributed by atoms with Gasteiger partial charge in [0.15, 0.2) is 5.13 Å². The number of hydrogen-bond donors (Lipinski definition) is 2. The van der Waals surface area contributed by atoms with Gasteiger partial charge in [-0.15, -0.1) is 11.3 Å². The van der Waals surface area contributed by atoms with Crippen LogP contribution in [0.15, 0.2) is 48.5 Å². The number of aromatic nitrogens is 1. The predicted molar refractivity (Wildman–Crippen MR) is 141 cm³/mol. The van der Waals surface area contributed by atoms with Crippen molar-refractivity contribution in [2.75, 3.05) is 16.0 Å². The number of hydrogen-bond acceptors (Lipinski definition) is 9. The molecule has 38 heavy (non-hydrogen) atoms. The summed E-state index contributed by atoms with van der Waals surface area (Å²) in [7, 11) is -3.94. The van der Waals surface area contributed by atoms with Gasteiger partial charge in [-0.25, -0.2) is 18.1 Å². The molecule has 0 aliphatic carbocycles. The number of anilines is 3. The van der Waals surface area contributed by atoms with Crippen molar-refractivity contribution in [3.63, 3.8) is 0 Å². The van der Waals surface area contributed by atoms with Gasteiger partial charge >= 0.3 is 6.05 Å². The molecule has 1 heterocycles. The molecular weight excluding hydrogens is 534 g/mol. The summed E-state index contributed by atoms with van der Waals surface area (Å²) in [6, 6.07) is 13.9. The van der Waals surface area contributed by atoms with Crippen molar-refractivity contribution in [1.82, 2.24) is 9.71 Å². The molecule has 2 N–H and O–H groups in total. The minimum absolute atomic E-state index is 0.0481. The van der Waals surface area contributed by atoms with Crippen LogP contribution in [0, 0.1) is 29.6 Å². The minimum atomic E-state index is -3.94. The zero-order valence-corrected chi connectivity index (χ0v) is 22.2. The van der Waals surface area contributed by atoms with E-state index < -0.39 is 22.0 Å². The number of nitrogens with one attached hydrogen (secondary N) is 2. The summed E-state index contributed by atoms with van der Waals surface area (Å²) in [5.74, 6) is -1.24. The summed E-state index contributed by atoms with van der Waals surface area (Å²) < 4.78 is 53.0. The van der Waals surface area contributed by atoms with E-state index in [1.165, 1.54) is 23.5 Å². The van der Waals surface area contributed by atoms with Gasteiger partial charge in [-0.05, 0) is 55.3 Å². The van der Waals surface area contributed by atoms with E-state index in [9.17, 15) is 22.0 Å². The van der Waals surface area contributed by atoms with Gasteiger partial charge in [-0.2, -0.15) is 19.3 Å². The number of carbonyl (C=O) groups is 1. The van der Waals surface area contributed by atoms with Crippen molar-refractivity contribution in [2.24, 2.45) is 0 Å². The minimum Gasteiger partial charge on any atom is -0.327 e. The maximum atomic E-state index is 13.3. The molecule has 3 rings (SSSR count). The fraction of sp³-hybridized carbons (Fsp3) is 0.280. The third kappa shape index (κ3) is 7.96. The lowest BCUT2D eigenvalue weighted by molar-refractivity contribution is 0.0543. The molecule has 198 valence electrons. The molecule has 0 unspecified atom stereocenters. The topological polar surface area (TPSA) is 139 Å². The fourth-order valence-electron chi connectivity index (χ4n) is 3.41. The van der Waals surface area contributed by atoms with E-state index in [1.54, 1.807) is 48.2 Å². The molecule has 0 saturated carbocycles. The molecule has 9 nitrogen and oxygen atoms in total. The molecule has 1 amide bonds. The first kappa shape index (κ1) is 28.5. The zero-order chi connectivity index (χ0) is 27.9. The van der Waals surface area contributed by atoms with E-state index >= 15 is 0 Å². The van der Waals surface area contributed by atoms with Crippen molar-refractivity contribution in [3.8, 4) is 12.1 Å². The molecule has 0 saturated heterocycles. The second kappa shape index (κ2) is 12.0. The Hall–Kier alpha value is -4.07. The van der Waals surface area contributed by atoms with Gasteiger partial charge in [0.2, 0.25) is 10.0 Å². The van der Waals surface area contributed by atoms with E-state index in [0.29, 0.717) is 21.3 Å². The number of rotatable bonds is 11. The van der Waals surface area contributed by atoms with Crippen LogP contribution >= 0.6 is 11.3 Å². The van der Waals surface area contributed by atoms with Gasteiger partial charge in [-0.1, -0.05) is 12.1 Å². The fourth-order valence-corrected chi connectivity index (χ4v) is 5.34. The van der Waals surface area contributed by atoms with E-state index in [-0.39, 0.29) is 36.5 Å². The van der Waals surface area contributed by atoms with E-state index in [4.69, 9.17) is 10.5 Å². The van der Waals surface area contributed by atoms with Crippen LogP contribution in [0.25, 0.3) is 0 Å². The lowest BCUT2D eigenvalue weighted by Gasteiger charge is -2.22. The maximum Gasteiger partial charge on any atom is 0.320 e. The van der Waals surface area contributed by atoms with Crippen LogP contribution in [0.1, 0.15) is 46.3 Å². The third-order valence-corrected chi connectivity index (χ3v) is 7.46. The molecule has 0 fully saturated rings. The molecule has 0 aliphatic heterocycles. The van der Waals surface area contributed by atoms with Crippen LogP contribution in [0.3, 0.4) is 0 Å². The molecular formula is C25H24F2N6O3S2. The van der Waals surface area contributed by atoms with Gasteiger partial charge < -0.3 is 10.2 Å². The van der Waals surface area contributed by atoms with Crippen LogP contribution in [0.4, 0.5) is 25.3 Å². The Kier molecular flexibility index (Phi) is 8.99. The van der Waals surface area contributed by atoms with Crippen molar-refractivity contribution in [3.05, 3.63) is 70.2 Å². The predicted octanol–water partition coefficient (Wildman–Crippen LogP) is 5.05. The Bertz CT molecular complexity index is 1470. The van der Waals surface area contributed by atoms with Crippen molar-refractivity contribution >= 4 is 43.8 Å². The normalized spacial score (nSPS) is 11.3. The lowest BCUT2D eigenvalue weighted by Crippen LogP contribution is -2.33. The molecule has 3 aromatic rings. The average molecular weight is 559 g/mol. The van der Waals surface area contributed by atoms with Crippen LogP contribution in [-0.4, -0.2) is 31.1 Å². The highest BCUT2D eigenvalue weighted by Crippen LogP contribution is 2.33.